The van der Waals surface area contributed by atoms with Gasteiger partial charge in [-0.15, -0.1) is 0 Å². The highest BCUT2D eigenvalue weighted by Gasteiger charge is 2.31. The Kier molecular flexibility index (Phi) is 5.08. The number of fused-ring (bicyclic) bond motifs is 1. The molecule has 1 heterocycles. The summed E-state index contributed by atoms with van der Waals surface area (Å²) in [5.74, 6) is -0.233. The first-order valence-electron chi connectivity index (χ1n) is 6.58. The second-order valence-electron chi connectivity index (χ2n) is 4.58. The average molecular weight is 280 g/mol. The predicted molar refractivity (Wildman–Crippen MR) is 74.0 cm³/mol. The Bertz CT molecular complexity index is 466. The zero-order chi connectivity index (χ0) is 14.5. The number of ether oxygens (including phenoxy) is 2. The van der Waals surface area contributed by atoms with E-state index in [0.29, 0.717) is 13.0 Å². The van der Waals surface area contributed by atoms with Crippen molar-refractivity contribution in [2.75, 3.05) is 25.4 Å². The molecule has 2 rings (SSSR count). The van der Waals surface area contributed by atoms with Gasteiger partial charge in [0.2, 0.25) is 0 Å². The first kappa shape index (κ1) is 14.9. The highest BCUT2D eigenvalue weighted by atomic mass is 16.7. The van der Waals surface area contributed by atoms with Crippen molar-refractivity contribution >= 4 is 11.6 Å². The van der Waals surface area contributed by atoms with Gasteiger partial charge in [0, 0.05) is 7.11 Å². The van der Waals surface area contributed by atoms with Gasteiger partial charge in [0.05, 0.1) is 24.9 Å². The van der Waals surface area contributed by atoms with Gasteiger partial charge in [-0.2, -0.15) is 5.06 Å². The summed E-state index contributed by atoms with van der Waals surface area (Å²) in [6, 6.07) is 7.01. The zero-order valence-electron chi connectivity index (χ0n) is 11.7. The highest BCUT2D eigenvalue weighted by Crippen LogP contribution is 2.27. The molecule has 20 heavy (non-hydrogen) atoms. The molecule has 1 aromatic carbocycles. The number of hydrogen-bond acceptors (Lipinski definition) is 5. The van der Waals surface area contributed by atoms with E-state index in [0.717, 1.165) is 11.3 Å². The molecule has 0 fully saturated rings. The maximum Gasteiger partial charge on any atom is 0.268 e. The highest BCUT2D eigenvalue weighted by molar-refractivity contribution is 5.98. The maximum absolute atomic E-state index is 12.1. The molecule has 110 valence electrons. The Morgan fingerprint density at radius 3 is 2.90 bits per heavy atom. The van der Waals surface area contributed by atoms with Crippen LogP contribution in [0, 0.1) is 0 Å². The number of carbonyl (C=O) groups is 1. The van der Waals surface area contributed by atoms with Gasteiger partial charge in [0.15, 0.2) is 6.29 Å². The monoisotopic (exact) mass is 280 g/mol. The molecule has 0 aromatic heterocycles. The Balaban J connectivity index is 1.97. The number of amides is 1. The normalized spacial score (nSPS) is 19.9. The number of rotatable bonds is 6. The molecule has 0 aliphatic carbocycles. The number of nitrogens with zero attached hydrogens (tertiary/aromatic N) is 1. The largest absolute Gasteiger partial charge is 0.356 e. The molecule has 0 saturated carbocycles. The average Bonchev–Trinajstić information content (AvgIpc) is 2.46. The van der Waals surface area contributed by atoms with Crippen molar-refractivity contribution in [1.82, 2.24) is 0 Å². The van der Waals surface area contributed by atoms with Crippen LogP contribution in [0.3, 0.4) is 0 Å². The van der Waals surface area contributed by atoms with Crippen LogP contribution in [0.2, 0.25) is 0 Å². The van der Waals surface area contributed by atoms with Crippen molar-refractivity contribution in [3.8, 4) is 0 Å². The van der Waals surface area contributed by atoms with Gasteiger partial charge >= 0.3 is 0 Å². The molecular formula is C14H20N2O4. The Morgan fingerprint density at radius 2 is 2.15 bits per heavy atom. The summed E-state index contributed by atoms with van der Waals surface area (Å²) < 4.78 is 10.3. The van der Waals surface area contributed by atoms with Crippen LogP contribution < -0.4 is 10.8 Å². The van der Waals surface area contributed by atoms with Crippen molar-refractivity contribution < 1.29 is 19.1 Å². The first-order chi connectivity index (χ1) is 9.63. The van der Waals surface area contributed by atoms with Crippen LogP contribution in [-0.4, -0.2) is 38.6 Å². The van der Waals surface area contributed by atoms with Gasteiger partial charge in [-0.25, -0.2) is 0 Å². The third kappa shape index (κ3) is 3.34. The molecule has 0 radical (unpaired) electrons. The number of carbonyl (C=O) groups excluding carboxylic acids is 1. The van der Waals surface area contributed by atoms with Gasteiger partial charge in [-0.3, -0.25) is 9.63 Å². The topological polar surface area (TPSA) is 74.0 Å². The van der Waals surface area contributed by atoms with E-state index in [4.69, 9.17) is 20.0 Å². The van der Waals surface area contributed by atoms with Gasteiger partial charge in [-0.1, -0.05) is 18.2 Å². The molecule has 0 saturated heterocycles. The molecule has 1 aliphatic heterocycles. The van der Waals surface area contributed by atoms with Crippen LogP contribution in [0.1, 0.15) is 12.5 Å². The second kappa shape index (κ2) is 6.81. The SMILES string of the molecule is COC(C)OCCON1C(=O)[C@@H](N)Cc2ccccc21. The minimum atomic E-state index is -0.566. The van der Waals surface area contributed by atoms with E-state index in [1.807, 2.05) is 24.3 Å². The third-order valence-electron chi connectivity index (χ3n) is 3.16. The second-order valence-corrected chi connectivity index (χ2v) is 4.58. The standard InChI is InChI=1S/C14H20N2O4/c1-10(18-2)19-7-8-20-16-13-6-4-3-5-11(13)9-12(15)14(16)17/h3-6,10,12H,7-9,15H2,1-2H3/t10?,12-/m0/s1. The van der Waals surface area contributed by atoms with Crippen LogP contribution >= 0.6 is 0 Å². The Morgan fingerprint density at radius 1 is 1.40 bits per heavy atom. The van der Waals surface area contributed by atoms with E-state index in [-0.39, 0.29) is 18.8 Å². The number of hydrogen-bond donors (Lipinski definition) is 1. The molecule has 2 atom stereocenters. The van der Waals surface area contributed by atoms with Gasteiger partial charge in [-0.05, 0) is 25.0 Å². The van der Waals surface area contributed by atoms with Gasteiger partial charge in [0.1, 0.15) is 0 Å². The van der Waals surface area contributed by atoms with E-state index in [1.165, 1.54) is 5.06 Å². The lowest BCUT2D eigenvalue weighted by atomic mass is 9.99. The molecule has 1 amide bonds. The fourth-order valence-corrected chi connectivity index (χ4v) is 2.02. The van der Waals surface area contributed by atoms with Crippen LogP contribution in [0.25, 0.3) is 0 Å². The van der Waals surface area contributed by atoms with Crippen LogP contribution in [0.5, 0.6) is 0 Å². The summed E-state index contributed by atoms with van der Waals surface area (Å²) >= 11 is 0. The van der Waals surface area contributed by atoms with Gasteiger partial charge < -0.3 is 15.2 Å². The minimum Gasteiger partial charge on any atom is -0.356 e. The van der Waals surface area contributed by atoms with Crippen LogP contribution in [-0.2, 0) is 25.5 Å². The van der Waals surface area contributed by atoms with Crippen molar-refractivity contribution in [3.63, 3.8) is 0 Å². The number of nitrogens with two attached hydrogens (primary N) is 1. The Hall–Kier alpha value is -1.47. The molecular weight excluding hydrogens is 260 g/mol. The minimum absolute atomic E-state index is 0.233. The first-order valence-corrected chi connectivity index (χ1v) is 6.58. The summed E-state index contributed by atoms with van der Waals surface area (Å²) in [5, 5.41) is 1.27. The molecule has 1 aromatic rings. The maximum atomic E-state index is 12.1. The Labute approximate surface area is 118 Å². The number of anilines is 1. The molecule has 6 heteroatoms. The lowest BCUT2D eigenvalue weighted by molar-refractivity contribution is -0.135. The molecule has 1 aliphatic rings. The molecule has 0 bridgehead atoms. The van der Waals surface area contributed by atoms with Crippen LogP contribution in [0.15, 0.2) is 24.3 Å². The molecule has 2 N–H and O–H groups in total. The zero-order valence-corrected chi connectivity index (χ0v) is 11.7. The quantitative estimate of drug-likeness (QED) is 0.617. The fraction of sp³-hybridized carbons (Fsp3) is 0.500. The number of hydroxylamine groups is 1. The fourth-order valence-electron chi connectivity index (χ4n) is 2.02. The van der Waals surface area contributed by atoms with E-state index < -0.39 is 6.04 Å². The van der Waals surface area contributed by atoms with Crippen molar-refractivity contribution in [1.29, 1.82) is 0 Å². The summed E-state index contributed by atoms with van der Waals surface area (Å²) in [5.41, 5.74) is 7.59. The predicted octanol–water partition coefficient (Wildman–Crippen LogP) is 0.844. The summed E-state index contributed by atoms with van der Waals surface area (Å²) in [6.07, 6.45) is 0.233. The summed E-state index contributed by atoms with van der Waals surface area (Å²) in [4.78, 5) is 17.6. The molecule has 1 unspecified atom stereocenters. The van der Waals surface area contributed by atoms with Crippen molar-refractivity contribution in [2.24, 2.45) is 5.73 Å². The van der Waals surface area contributed by atoms with E-state index >= 15 is 0 Å². The third-order valence-corrected chi connectivity index (χ3v) is 3.16. The summed E-state index contributed by atoms with van der Waals surface area (Å²) in [6.45, 7) is 2.37. The van der Waals surface area contributed by atoms with E-state index in [9.17, 15) is 4.79 Å². The van der Waals surface area contributed by atoms with E-state index in [2.05, 4.69) is 0 Å². The lowest BCUT2D eigenvalue weighted by Crippen LogP contribution is -2.49. The molecule has 6 nitrogen and oxygen atoms in total. The van der Waals surface area contributed by atoms with Gasteiger partial charge in [0.25, 0.3) is 5.91 Å². The van der Waals surface area contributed by atoms with Crippen molar-refractivity contribution in [3.05, 3.63) is 29.8 Å². The van der Waals surface area contributed by atoms with Crippen LogP contribution in [0.4, 0.5) is 5.69 Å². The van der Waals surface area contributed by atoms with E-state index in [1.54, 1.807) is 14.0 Å². The number of para-hydroxylation sites is 1. The number of methoxy groups -OCH3 is 1. The lowest BCUT2D eigenvalue weighted by Gasteiger charge is -2.31. The molecule has 0 spiro atoms. The number of benzene rings is 1. The smallest absolute Gasteiger partial charge is 0.268 e. The van der Waals surface area contributed by atoms with Crippen molar-refractivity contribution in [2.45, 2.75) is 25.7 Å². The summed E-state index contributed by atoms with van der Waals surface area (Å²) in [7, 11) is 1.56.